The zero-order valence-corrected chi connectivity index (χ0v) is 11.7. The second kappa shape index (κ2) is 7.72. The van der Waals surface area contributed by atoms with Gasteiger partial charge in [0.2, 0.25) is 11.8 Å². The van der Waals surface area contributed by atoms with E-state index in [1.54, 1.807) is 0 Å². The number of rotatable bonds is 7. The minimum absolute atomic E-state index is 0.0618. The number of nitrogens with zero attached hydrogens (tertiary/aromatic N) is 1. The minimum Gasteiger partial charge on any atom is -0.480 e. The number of nitro groups is 1. The Balaban J connectivity index is 2.53. The number of anilines is 1. The lowest BCUT2D eigenvalue weighted by Crippen LogP contribution is -2.40. The zero-order chi connectivity index (χ0) is 16.7. The molecule has 0 radical (unpaired) electrons. The summed E-state index contributed by atoms with van der Waals surface area (Å²) < 4.78 is 0. The van der Waals surface area contributed by atoms with Crippen molar-refractivity contribution >= 4 is 29.2 Å². The molecule has 3 N–H and O–H groups in total. The standard InChI is InChI=1S/C13H15N3O6/c1-8(17)14-11(13(19)20)6-7-12(18)15-9-2-4-10(5-3-9)16(21)22/h2-5,11H,6-7H2,1H3,(H,14,17)(H,15,18)(H,19,20)/t11-/m0/s1. The Morgan fingerprint density at radius 1 is 1.27 bits per heavy atom. The number of benzene rings is 1. The van der Waals surface area contributed by atoms with Crippen molar-refractivity contribution in [1.82, 2.24) is 5.32 Å². The lowest BCUT2D eigenvalue weighted by Gasteiger charge is -2.12. The van der Waals surface area contributed by atoms with Crippen molar-refractivity contribution in [1.29, 1.82) is 0 Å². The van der Waals surface area contributed by atoms with Gasteiger partial charge in [0.15, 0.2) is 0 Å². The molecular weight excluding hydrogens is 294 g/mol. The van der Waals surface area contributed by atoms with Crippen LogP contribution in [0.25, 0.3) is 0 Å². The molecule has 9 heteroatoms. The summed E-state index contributed by atoms with van der Waals surface area (Å²) in [6.07, 6.45) is -0.179. The van der Waals surface area contributed by atoms with Crippen LogP contribution in [-0.4, -0.2) is 33.9 Å². The molecule has 0 spiro atoms. The predicted octanol–water partition coefficient (Wildman–Crippen LogP) is 0.903. The molecule has 0 unspecified atom stereocenters. The number of carbonyl (C=O) groups excluding carboxylic acids is 2. The van der Waals surface area contributed by atoms with E-state index in [-0.39, 0.29) is 18.5 Å². The highest BCUT2D eigenvalue weighted by Crippen LogP contribution is 2.15. The molecule has 0 bridgehead atoms. The molecule has 118 valence electrons. The van der Waals surface area contributed by atoms with E-state index in [2.05, 4.69) is 10.6 Å². The molecule has 0 aromatic heterocycles. The Kier molecular flexibility index (Phi) is 5.99. The van der Waals surface area contributed by atoms with Gasteiger partial charge >= 0.3 is 5.97 Å². The van der Waals surface area contributed by atoms with Crippen molar-refractivity contribution in [2.75, 3.05) is 5.32 Å². The Bertz CT molecular complexity index is 584. The summed E-state index contributed by atoms with van der Waals surface area (Å²) in [4.78, 5) is 43.4. The van der Waals surface area contributed by atoms with E-state index in [0.717, 1.165) is 0 Å². The van der Waals surface area contributed by atoms with Gasteiger partial charge in [0, 0.05) is 31.2 Å². The molecule has 1 rings (SSSR count). The molecule has 9 nitrogen and oxygen atoms in total. The molecule has 1 aromatic carbocycles. The van der Waals surface area contributed by atoms with E-state index in [1.807, 2.05) is 0 Å². The summed E-state index contributed by atoms with van der Waals surface area (Å²) in [5.41, 5.74) is 0.261. The first kappa shape index (κ1) is 17.1. The largest absolute Gasteiger partial charge is 0.480 e. The SMILES string of the molecule is CC(=O)N[C@@H](CCC(=O)Nc1ccc([N+](=O)[O-])cc1)C(=O)O. The molecule has 1 atom stereocenters. The molecule has 0 aliphatic carbocycles. The molecule has 0 fully saturated rings. The average Bonchev–Trinajstić information content (AvgIpc) is 2.43. The number of aliphatic carboxylic acids is 1. The second-order valence-corrected chi connectivity index (χ2v) is 4.48. The molecule has 0 aliphatic heterocycles. The summed E-state index contributed by atoms with van der Waals surface area (Å²) in [5, 5.41) is 24.1. The van der Waals surface area contributed by atoms with Gasteiger partial charge < -0.3 is 15.7 Å². The first-order valence-electron chi connectivity index (χ1n) is 6.34. The number of nitrogens with one attached hydrogen (secondary N) is 2. The van der Waals surface area contributed by atoms with Crippen LogP contribution in [0.4, 0.5) is 11.4 Å². The van der Waals surface area contributed by atoms with Gasteiger partial charge in [-0.05, 0) is 18.6 Å². The highest BCUT2D eigenvalue weighted by atomic mass is 16.6. The van der Waals surface area contributed by atoms with Gasteiger partial charge in [0.1, 0.15) is 6.04 Å². The summed E-state index contributed by atoms with van der Waals surface area (Å²) in [6.45, 7) is 1.19. The van der Waals surface area contributed by atoms with Crippen molar-refractivity contribution in [2.24, 2.45) is 0 Å². The summed E-state index contributed by atoms with van der Waals surface area (Å²) >= 11 is 0. The number of nitro benzene ring substituents is 1. The third kappa shape index (κ3) is 5.57. The van der Waals surface area contributed by atoms with Crippen LogP contribution in [-0.2, 0) is 14.4 Å². The number of carbonyl (C=O) groups is 3. The van der Waals surface area contributed by atoms with Crippen LogP contribution in [0, 0.1) is 10.1 Å². The van der Waals surface area contributed by atoms with Crippen LogP contribution in [0.3, 0.4) is 0 Å². The summed E-state index contributed by atoms with van der Waals surface area (Å²) in [7, 11) is 0. The van der Waals surface area contributed by atoms with Crippen LogP contribution in [0.2, 0.25) is 0 Å². The normalized spacial score (nSPS) is 11.3. The molecule has 1 aromatic rings. The highest BCUT2D eigenvalue weighted by molar-refractivity contribution is 5.91. The smallest absolute Gasteiger partial charge is 0.326 e. The third-order valence-electron chi connectivity index (χ3n) is 2.70. The Morgan fingerprint density at radius 3 is 2.32 bits per heavy atom. The van der Waals surface area contributed by atoms with Crippen molar-refractivity contribution < 1.29 is 24.4 Å². The average molecular weight is 309 g/mol. The highest BCUT2D eigenvalue weighted by Gasteiger charge is 2.19. The first-order chi connectivity index (χ1) is 10.3. The third-order valence-corrected chi connectivity index (χ3v) is 2.70. The van der Waals surface area contributed by atoms with Gasteiger partial charge in [0.25, 0.3) is 5.69 Å². The van der Waals surface area contributed by atoms with Crippen molar-refractivity contribution in [3.63, 3.8) is 0 Å². The van der Waals surface area contributed by atoms with E-state index < -0.39 is 28.7 Å². The number of carboxylic acid groups (broad SMARTS) is 1. The number of amides is 2. The Hall–Kier alpha value is -2.97. The van der Waals surface area contributed by atoms with E-state index in [1.165, 1.54) is 31.2 Å². The van der Waals surface area contributed by atoms with Gasteiger partial charge in [-0.15, -0.1) is 0 Å². The maximum atomic E-state index is 11.7. The Labute approximate surface area is 125 Å². The van der Waals surface area contributed by atoms with Crippen molar-refractivity contribution in [3.8, 4) is 0 Å². The van der Waals surface area contributed by atoms with E-state index in [4.69, 9.17) is 5.11 Å². The summed E-state index contributed by atoms with van der Waals surface area (Å²) in [6, 6.07) is 4.09. The quantitative estimate of drug-likeness (QED) is 0.505. The van der Waals surface area contributed by atoms with E-state index >= 15 is 0 Å². The second-order valence-electron chi connectivity index (χ2n) is 4.48. The van der Waals surface area contributed by atoms with Crippen molar-refractivity contribution in [2.45, 2.75) is 25.8 Å². The number of hydrogen-bond acceptors (Lipinski definition) is 5. The zero-order valence-electron chi connectivity index (χ0n) is 11.7. The van der Waals surface area contributed by atoms with Crippen molar-refractivity contribution in [3.05, 3.63) is 34.4 Å². The fourth-order valence-electron chi connectivity index (χ4n) is 1.67. The topological polar surface area (TPSA) is 139 Å². The van der Waals surface area contributed by atoms with Crippen LogP contribution < -0.4 is 10.6 Å². The molecule has 22 heavy (non-hydrogen) atoms. The van der Waals surface area contributed by atoms with Gasteiger partial charge in [-0.1, -0.05) is 0 Å². The van der Waals surface area contributed by atoms with Crippen LogP contribution in [0.15, 0.2) is 24.3 Å². The van der Waals surface area contributed by atoms with Gasteiger partial charge in [-0.25, -0.2) is 4.79 Å². The number of non-ortho nitro benzene ring substituents is 1. The molecule has 0 saturated heterocycles. The van der Waals surface area contributed by atoms with E-state index in [0.29, 0.717) is 5.69 Å². The first-order valence-corrected chi connectivity index (χ1v) is 6.34. The van der Waals surface area contributed by atoms with Gasteiger partial charge in [-0.2, -0.15) is 0 Å². The maximum Gasteiger partial charge on any atom is 0.326 e. The molecule has 0 saturated carbocycles. The summed E-state index contributed by atoms with van der Waals surface area (Å²) in [5.74, 6) is -2.17. The lowest BCUT2D eigenvalue weighted by atomic mass is 10.1. The number of hydrogen-bond donors (Lipinski definition) is 3. The monoisotopic (exact) mass is 309 g/mol. The lowest BCUT2D eigenvalue weighted by molar-refractivity contribution is -0.384. The fourth-order valence-corrected chi connectivity index (χ4v) is 1.67. The van der Waals surface area contributed by atoms with E-state index in [9.17, 15) is 24.5 Å². The molecular formula is C13H15N3O6. The molecule has 2 amide bonds. The van der Waals surface area contributed by atoms with Crippen LogP contribution in [0.5, 0.6) is 0 Å². The predicted molar refractivity (Wildman–Crippen MR) is 76.2 cm³/mol. The van der Waals surface area contributed by atoms with Gasteiger partial charge in [0.05, 0.1) is 4.92 Å². The maximum absolute atomic E-state index is 11.7. The molecule has 0 heterocycles. The van der Waals surface area contributed by atoms with Gasteiger partial charge in [-0.3, -0.25) is 19.7 Å². The van der Waals surface area contributed by atoms with Crippen LogP contribution >= 0.6 is 0 Å². The minimum atomic E-state index is -1.22. The number of carboxylic acids is 1. The Morgan fingerprint density at radius 2 is 1.86 bits per heavy atom. The van der Waals surface area contributed by atoms with Crippen LogP contribution in [0.1, 0.15) is 19.8 Å². The molecule has 0 aliphatic rings. The fraction of sp³-hybridized carbons (Fsp3) is 0.308.